The summed E-state index contributed by atoms with van der Waals surface area (Å²) in [6.45, 7) is 0.121. The van der Waals surface area contributed by atoms with Crippen molar-refractivity contribution in [3.05, 3.63) is 87.6 Å². The molecule has 0 fully saturated rings. The lowest BCUT2D eigenvalue weighted by molar-refractivity contribution is -0.113. The minimum Gasteiger partial charge on any atom is -0.467 e. The third-order valence-electron chi connectivity index (χ3n) is 4.26. The second kappa shape index (κ2) is 8.91. The molecule has 2 aromatic carbocycles. The van der Waals surface area contributed by atoms with Crippen molar-refractivity contribution >= 4 is 45.9 Å². The van der Waals surface area contributed by atoms with Gasteiger partial charge in [0.05, 0.1) is 29.5 Å². The van der Waals surface area contributed by atoms with Crippen molar-refractivity contribution in [2.45, 2.75) is 11.7 Å². The van der Waals surface area contributed by atoms with E-state index in [0.717, 1.165) is 23.9 Å². The van der Waals surface area contributed by atoms with Gasteiger partial charge in [0.25, 0.3) is 5.56 Å². The number of hydrogen-bond donors (Lipinski definition) is 1. The van der Waals surface area contributed by atoms with E-state index < -0.39 is 17.5 Å². The fourth-order valence-electron chi connectivity index (χ4n) is 2.93. The highest BCUT2D eigenvalue weighted by Crippen LogP contribution is 2.22. The summed E-state index contributed by atoms with van der Waals surface area (Å²) in [4.78, 5) is 29.8. The molecule has 4 rings (SSSR count). The second-order valence-electron chi connectivity index (χ2n) is 6.52. The van der Waals surface area contributed by atoms with E-state index in [2.05, 4.69) is 10.3 Å². The quantitative estimate of drug-likeness (QED) is 0.332. The number of rotatable bonds is 6. The summed E-state index contributed by atoms with van der Waals surface area (Å²) in [5.41, 5.74) is 0.0748. The normalized spacial score (nSPS) is 11.1. The smallest absolute Gasteiger partial charge is 0.262 e. The summed E-state index contributed by atoms with van der Waals surface area (Å²) >= 11 is 7.03. The van der Waals surface area contributed by atoms with Crippen LogP contribution in [-0.4, -0.2) is 21.2 Å². The first-order chi connectivity index (χ1) is 14.9. The van der Waals surface area contributed by atoms with E-state index in [4.69, 9.17) is 16.0 Å². The van der Waals surface area contributed by atoms with E-state index in [1.54, 1.807) is 30.3 Å². The van der Waals surface area contributed by atoms with Crippen LogP contribution in [0, 0.1) is 11.6 Å². The maximum Gasteiger partial charge on any atom is 0.262 e. The molecule has 0 aliphatic rings. The number of benzene rings is 2. The first-order valence-corrected chi connectivity index (χ1v) is 10.4. The van der Waals surface area contributed by atoms with Crippen LogP contribution in [0.2, 0.25) is 5.02 Å². The number of thioether (sulfide) groups is 1. The van der Waals surface area contributed by atoms with E-state index in [0.29, 0.717) is 27.8 Å². The molecule has 2 aromatic heterocycles. The van der Waals surface area contributed by atoms with Crippen molar-refractivity contribution in [3.63, 3.8) is 0 Å². The Morgan fingerprint density at radius 3 is 2.65 bits per heavy atom. The molecular weight excluding hydrogens is 448 g/mol. The number of nitrogens with zero attached hydrogens (tertiary/aromatic N) is 2. The molecule has 158 valence electrons. The number of amides is 1. The third-order valence-corrected chi connectivity index (χ3v) is 5.47. The molecule has 0 atom stereocenters. The van der Waals surface area contributed by atoms with Gasteiger partial charge in [0.1, 0.15) is 17.4 Å². The molecule has 2 heterocycles. The average Bonchev–Trinajstić information content (AvgIpc) is 3.21. The number of aromatic nitrogens is 2. The Labute approximate surface area is 183 Å². The van der Waals surface area contributed by atoms with Gasteiger partial charge in [0, 0.05) is 16.8 Å². The van der Waals surface area contributed by atoms with Gasteiger partial charge in [-0.05, 0) is 42.5 Å². The molecule has 0 saturated heterocycles. The van der Waals surface area contributed by atoms with Crippen LogP contribution in [0.1, 0.15) is 5.76 Å². The highest BCUT2D eigenvalue weighted by molar-refractivity contribution is 7.99. The predicted molar refractivity (Wildman–Crippen MR) is 115 cm³/mol. The van der Waals surface area contributed by atoms with Crippen LogP contribution in [0.4, 0.5) is 14.5 Å². The maximum absolute atomic E-state index is 13.3. The number of anilines is 1. The van der Waals surface area contributed by atoms with E-state index in [9.17, 15) is 18.4 Å². The van der Waals surface area contributed by atoms with Crippen LogP contribution < -0.4 is 10.9 Å². The molecule has 0 unspecified atom stereocenters. The van der Waals surface area contributed by atoms with Crippen molar-refractivity contribution in [3.8, 4) is 0 Å². The van der Waals surface area contributed by atoms with Gasteiger partial charge in [-0.25, -0.2) is 13.8 Å². The lowest BCUT2D eigenvalue weighted by Gasteiger charge is -2.12. The Morgan fingerprint density at radius 1 is 1.16 bits per heavy atom. The van der Waals surface area contributed by atoms with E-state index in [1.807, 2.05) is 0 Å². The fourth-order valence-corrected chi connectivity index (χ4v) is 3.90. The summed E-state index contributed by atoms with van der Waals surface area (Å²) in [5, 5.41) is 3.50. The minimum atomic E-state index is -0.802. The molecule has 6 nitrogen and oxygen atoms in total. The average molecular weight is 462 g/mol. The van der Waals surface area contributed by atoms with E-state index in [1.165, 1.54) is 10.8 Å². The van der Waals surface area contributed by atoms with Crippen molar-refractivity contribution in [2.75, 3.05) is 11.1 Å². The summed E-state index contributed by atoms with van der Waals surface area (Å²) in [5.74, 6) is -1.72. The molecule has 4 aromatic rings. The van der Waals surface area contributed by atoms with E-state index >= 15 is 0 Å². The monoisotopic (exact) mass is 461 g/mol. The summed E-state index contributed by atoms with van der Waals surface area (Å²) < 4.78 is 33.4. The van der Waals surface area contributed by atoms with Gasteiger partial charge in [-0.1, -0.05) is 23.4 Å². The number of hydrogen-bond acceptors (Lipinski definition) is 5. The minimum absolute atomic E-state index is 0.00525. The molecule has 0 saturated carbocycles. The van der Waals surface area contributed by atoms with Gasteiger partial charge in [-0.2, -0.15) is 0 Å². The lowest BCUT2D eigenvalue weighted by Crippen LogP contribution is -2.24. The first-order valence-electron chi connectivity index (χ1n) is 9.00. The SMILES string of the molecule is O=C(CSc1nc2cc(Cl)ccc2c(=O)n1Cc1ccco1)Nc1cc(F)cc(F)c1. The first kappa shape index (κ1) is 21.1. The van der Waals surface area contributed by atoms with Crippen molar-refractivity contribution < 1.29 is 18.0 Å². The number of furan rings is 1. The van der Waals surface area contributed by atoms with Crippen LogP contribution in [0.25, 0.3) is 10.9 Å². The summed E-state index contributed by atoms with van der Waals surface area (Å²) in [6, 6.07) is 10.9. The van der Waals surface area contributed by atoms with E-state index in [-0.39, 0.29) is 28.7 Å². The Bertz CT molecular complexity index is 1310. The van der Waals surface area contributed by atoms with Crippen LogP contribution in [0.5, 0.6) is 0 Å². The largest absolute Gasteiger partial charge is 0.467 e. The van der Waals surface area contributed by atoms with Gasteiger partial charge >= 0.3 is 0 Å². The van der Waals surface area contributed by atoms with Gasteiger partial charge in [-0.3, -0.25) is 14.2 Å². The Morgan fingerprint density at radius 2 is 1.94 bits per heavy atom. The molecule has 0 bridgehead atoms. The molecular formula is C21H14ClF2N3O3S. The number of nitrogens with one attached hydrogen (secondary N) is 1. The standard InChI is InChI=1S/C21H14ClF2N3O3S/c22-12-3-4-17-18(6-12)26-21(27(20(17)29)10-16-2-1-5-30-16)31-11-19(28)25-15-8-13(23)7-14(24)9-15/h1-9H,10-11H2,(H,25,28). The van der Waals surface area contributed by atoms with Crippen LogP contribution >= 0.6 is 23.4 Å². The Balaban J connectivity index is 1.62. The number of halogens is 3. The summed E-state index contributed by atoms with van der Waals surface area (Å²) in [6.07, 6.45) is 1.49. The number of carbonyl (C=O) groups is 1. The van der Waals surface area contributed by atoms with Gasteiger partial charge < -0.3 is 9.73 Å². The lowest BCUT2D eigenvalue weighted by atomic mass is 10.2. The molecule has 1 amide bonds. The zero-order chi connectivity index (χ0) is 22.0. The topological polar surface area (TPSA) is 77.1 Å². The second-order valence-corrected chi connectivity index (χ2v) is 7.90. The Hall–Kier alpha value is -3.17. The van der Waals surface area contributed by atoms with Crippen LogP contribution in [0.3, 0.4) is 0 Å². The van der Waals surface area contributed by atoms with Crippen molar-refractivity contribution in [1.29, 1.82) is 0 Å². The van der Waals surface area contributed by atoms with Crippen molar-refractivity contribution in [1.82, 2.24) is 9.55 Å². The van der Waals surface area contributed by atoms with Crippen LogP contribution in [-0.2, 0) is 11.3 Å². The number of carbonyl (C=O) groups excluding carboxylic acids is 1. The van der Waals surface area contributed by atoms with Gasteiger partial charge in [-0.15, -0.1) is 0 Å². The maximum atomic E-state index is 13.3. The summed E-state index contributed by atoms with van der Waals surface area (Å²) in [7, 11) is 0. The third kappa shape index (κ3) is 4.95. The predicted octanol–water partition coefficient (Wildman–Crippen LogP) is 4.70. The highest BCUT2D eigenvalue weighted by Gasteiger charge is 2.15. The molecule has 0 radical (unpaired) electrons. The molecule has 1 N–H and O–H groups in total. The fraction of sp³-hybridized carbons (Fsp3) is 0.0952. The zero-order valence-electron chi connectivity index (χ0n) is 15.8. The Kier molecular flexibility index (Phi) is 6.06. The number of fused-ring (bicyclic) bond motifs is 1. The highest BCUT2D eigenvalue weighted by atomic mass is 35.5. The van der Waals surface area contributed by atoms with Gasteiger partial charge in [0.2, 0.25) is 5.91 Å². The molecule has 0 spiro atoms. The van der Waals surface area contributed by atoms with Crippen molar-refractivity contribution in [2.24, 2.45) is 0 Å². The molecule has 0 aliphatic heterocycles. The molecule has 0 aliphatic carbocycles. The van der Waals surface area contributed by atoms with Crippen LogP contribution in [0.15, 0.2) is 69.2 Å². The molecule has 10 heteroatoms. The zero-order valence-corrected chi connectivity index (χ0v) is 17.3. The van der Waals surface area contributed by atoms with Gasteiger partial charge in [0.15, 0.2) is 5.16 Å². The molecule has 31 heavy (non-hydrogen) atoms.